The second-order valence-corrected chi connectivity index (χ2v) is 12.6. The summed E-state index contributed by atoms with van der Waals surface area (Å²) in [7, 11) is 0. The summed E-state index contributed by atoms with van der Waals surface area (Å²) in [6, 6.07) is 54.2. The van der Waals surface area contributed by atoms with Gasteiger partial charge in [0.1, 0.15) is 0 Å². The van der Waals surface area contributed by atoms with Gasteiger partial charge >= 0.3 is 0 Å². The van der Waals surface area contributed by atoms with Gasteiger partial charge < -0.3 is 0 Å². The molecular weight excluding hydrogens is 516 g/mol. The minimum absolute atomic E-state index is 0.00258. The Kier molecular flexibility index (Phi) is 5.05. The third-order valence-corrected chi connectivity index (χ3v) is 9.82. The van der Waals surface area contributed by atoms with Gasteiger partial charge in [0.15, 0.2) is 0 Å². The van der Waals surface area contributed by atoms with Crippen molar-refractivity contribution < 1.29 is 0 Å². The maximum atomic E-state index is 2.41. The zero-order chi connectivity index (χ0) is 28.7. The monoisotopic (exact) mass is 546 g/mol. The quantitative estimate of drug-likeness (QED) is 0.189. The molecule has 0 aliphatic heterocycles. The second kappa shape index (κ2) is 8.90. The Morgan fingerprint density at radius 3 is 1.79 bits per heavy atom. The van der Waals surface area contributed by atoms with Gasteiger partial charge in [-0.3, -0.25) is 0 Å². The molecular formula is C43H30. The number of rotatable bonds is 2. The largest absolute Gasteiger partial charge is 0.0619 e. The summed E-state index contributed by atoms with van der Waals surface area (Å²) in [5.41, 5.74) is 10.6. The van der Waals surface area contributed by atoms with Crippen LogP contribution in [0.4, 0.5) is 0 Å². The molecule has 1 aliphatic carbocycles. The summed E-state index contributed by atoms with van der Waals surface area (Å²) < 4.78 is 0. The first-order valence-corrected chi connectivity index (χ1v) is 15.2. The molecule has 1 aliphatic rings. The topological polar surface area (TPSA) is 0 Å². The Bertz CT molecular complexity index is 2420. The number of benzene rings is 8. The van der Waals surface area contributed by atoms with E-state index in [1.54, 1.807) is 0 Å². The van der Waals surface area contributed by atoms with Crippen molar-refractivity contribution in [3.05, 3.63) is 157 Å². The smallest absolute Gasteiger partial charge is 0.0159 e. The van der Waals surface area contributed by atoms with Gasteiger partial charge in [-0.25, -0.2) is 0 Å². The Hall–Kier alpha value is -5.20. The molecule has 0 radical (unpaired) electrons. The van der Waals surface area contributed by atoms with Gasteiger partial charge in [-0.1, -0.05) is 135 Å². The van der Waals surface area contributed by atoms with Gasteiger partial charge in [-0.2, -0.15) is 0 Å². The van der Waals surface area contributed by atoms with Gasteiger partial charge in [0, 0.05) is 5.41 Å². The molecule has 43 heavy (non-hydrogen) atoms. The van der Waals surface area contributed by atoms with Crippen molar-refractivity contribution >= 4 is 43.1 Å². The van der Waals surface area contributed by atoms with E-state index in [0.29, 0.717) is 0 Å². The average molecular weight is 547 g/mol. The van der Waals surface area contributed by atoms with Crippen molar-refractivity contribution in [2.24, 2.45) is 0 Å². The van der Waals surface area contributed by atoms with E-state index in [2.05, 4.69) is 159 Å². The Morgan fingerprint density at radius 1 is 0.349 bits per heavy atom. The van der Waals surface area contributed by atoms with Crippen LogP contribution < -0.4 is 0 Å². The number of hydrogen-bond donors (Lipinski definition) is 0. The van der Waals surface area contributed by atoms with E-state index in [1.165, 1.54) is 87.6 Å². The molecule has 0 bridgehead atoms. The van der Waals surface area contributed by atoms with E-state index in [-0.39, 0.29) is 5.41 Å². The van der Waals surface area contributed by atoms with Crippen LogP contribution in [0.2, 0.25) is 0 Å². The third-order valence-electron chi connectivity index (χ3n) is 9.82. The molecule has 0 spiro atoms. The van der Waals surface area contributed by atoms with Crippen LogP contribution in [0.5, 0.6) is 0 Å². The standard InChI is InChI=1S/C43H30/c1-43(2)40-14-8-7-12-36(40)37-22-21-31(26-41(37)43)29-16-17-30-24-32(19-18-28(30)23-29)39-25-33-20-15-27-9-3-4-10-34(27)42(33)38-13-6-5-11-35(38)39/h3-26H,1-2H3. The predicted molar refractivity (Wildman–Crippen MR) is 185 cm³/mol. The fraction of sp³-hybridized carbons (Fsp3) is 0.0698. The lowest BCUT2D eigenvalue weighted by atomic mass is 9.81. The SMILES string of the molecule is CC1(C)c2ccccc2-c2ccc(-c3ccc4cc(-c5cc6ccc7ccccc7c6c6ccccc56)ccc4c3)cc21. The lowest BCUT2D eigenvalue weighted by molar-refractivity contribution is 0.660. The van der Waals surface area contributed by atoms with Crippen LogP contribution in [-0.4, -0.2) is 0 Å². The second-order valence-electron chi connectivity index (χ2n) is 12.6. The first-order chi connectivity index (χ1) is 21.1. The van der Waals surface area contributed by atoms with E-state index in [9.17, 15) is 0 Å². The Labute approximate surface area is 251 Å². The van der Waals surface area contributed by atoms with Crippen LogP contribution >= 0.6 is 0 Å². The van der Waals surface area contributed by atoms with Gasteiger partial charge in [0.25, 0.3) is 0 Å². The fourth-order valence-corrected chi connectivity index (χ4v) is 7.59. The van der Waals surface area contributed by atoms with E-state index >= 15 is 0 Å². The lowest BCUT2D eigenvalue weighted by Crippen LogP contribution is -2.14. The first kappa shape index (κ1) is 24.4. The molecule has 9 rings (SSSR count). The van der Waals surface area contributed by atoms with Crippen molar-refractivity contribution in [1.29, 1.82) is 0 Å². The molecule has 0 saturated carbocycles. The maximum Gasteiger partial charge on any atom is 0.0159 e. The number of hydrogen-bond acceptors (Lipinski definition) is 0. The highest BCUT2D eigenvalue weighted by Gasteiger charge is 2.35. The molecule has 0 N–H and O–H groups in total. The molecule has 8 aromatic carbocycles. The Morgan fingerprint density at radius 2 is 0.930 bits per heavy atom. The normalized spacial score (nSPS) is 13.5. The fourth-order valence-electron chi connectivity index (χ4n) is 7.59. The summed E-state index contributed by atoms with van der Waals surface area (Å²) in [6.45, 7) is 4.70. The molecule has 0 heteroatoms. The van der Waals surface area contributed by atoms with E-state index in [0.717, 1.165) is 0 Å². The van der Waals surface area contributed by atoms with Crippen molar-refractivity contribution in [3.8, 4) is 33.4 Å². The highest BCUT2D eigenvalue weighted by molar-refractivity contribution is 6.23. The molecule has 0 aromatic heterocycles. The number of fused-ring (bicyclic) bond motifs is 9. The van der Waals surface area contributed by atoms with Gasteiger partial charge in [0.2, 0.25) is 0 Å². The van der Waals surface area contributed by atoms with E-state index in [1.807, 2.05) is 0 Å². The van der Waals surface area contributed by atoms with Gasteiger partial charge in [-0.05, 0) is 112 Å². The predicted octanol–water partition coefficient (Wildman–Crippen LogP) is 11.9. The molecule has 0 nitrogen and oxygen atoms in total. The zero-order valence-electron chi connectivity index (χ0n) is 24.4. The van der Waals surface area contributed by atoms with E-state index < -0.39 is 0 Å². The zero-order valence-corrected chi connectivity index (χ0v) is 24.4. The van der Waals surface area contributed by atoms with Crippen LogP contribution in [0, 0.1) is 0 Å². The third kappa shape index (κ3) is 3.57. The molecule has 8 aromatic rings. The van der Waals surface area contributed by atoms with Crippen molar-refractivity contribution in [3.63, 3.8) is 0 Å². The van der Waals surface area contributed by atoms with Gasteiger partial charge in [0.05, 0.1) is 0 Å². The van der Waals surface area contributed by atoms with Gasteiger partial charge in [-0.15, -0.1) is 0 Å². The van der Waals surface area contributed by atoms with Crippen molar-refractivity contribution in [2.45, 2.75) is 19.3 Å². The first-order valence-electron chi connectivity index (χ1n) is 15.2. The minimum atomic E-state index is 0.00258. The highest BCUT2D eigenvalue weighted by Crippen LogP contribution is 2.49. The van der Waals surface area contributed by atoms with Crippen molar-refractivity contribution in [1.82, 2.24) is 0 Å². The molecule has 0 fully saturated rings. The highest BCUT2D eigenvalue weighted by atomic mass is 14.4. The molecule has 0 amide bonds. The summed E-state index contributed by atoms with van der Waals surface area (Å²) in [5, 5.41) is 10.3. The van der Waals surface area contributed by atoms with Crippen LogP contribution in [0.15, 0.2) is 146 Å². The molecule has 0 atom stereocenters. The summed E-state index contributed by atoms with van der Waals surface area (Å²) in [4.78, 5) is 0. The molecule has 202 valence electrons. The minimum Gasteiger partial charge on any atom is -0.0619 e. The van der Waals surface area contributed by atoms with Crippen LogP contribution in [0.3, 0.4) is 0 Å². The Balaban J connectivity index is 1.16. The summed E-state index contributed by atoms with van der Waals surface area (Å²) in [5.74, 6) is 0. The average Bonchev–Trinajstić information content (AvgIpc) is 3.29. The molecule has 0 heterocycles. The molecule has 0 saturated heterocycles. The van der Waals surface area contributed by atoms with Crippen LogP contribution in [0.25, 0.3) is 76.5 Å². The lowest BCUT2D eigenvalue weighted by Gasteiger charge is -2.22. The van der Waals surface area contributed by atoms with Crippen LogP contribution in [0.1, 0.15) is 25.0 Å². The van der Waals surface area contributed by atoms with Crippen LogP contribution in [-0.2, 0) is 5.41 Å². The summed E-state index contributed by atoms with van der Waals surface area (Å²) in [6.07, 6.45) is 0. The molecule has 0 unspecified atom stereocenters. The summed E-state index contributed by atoms with van der Waals surface area (Å²) >= 11 is 0. The van der Waals surface area contributed by atoms with E-state index in [4.69, 9.17) is 0 Å². The maximum absolute atomic E-state index is 2.41. The van der Waals surface area contributed by atoms with Crippen molar-refractivity contribution in [2.75, 3.05) is 0 Å².